The lowest BCUT2D eigenvalue weighted by atomic mass is 9.97. The van der Waals surface area contributed by atoms with Crippen LogP contribution in [-0.4, -0.2) is 8.42 Å². The molecule has 4 aromatic carbocycles. The monoisotopic (exact) mass is 290 g/mol. The predicted octanol–water partition coefficient (Wildman–Crippen LogP) is 4.29. The molecule has 0 atom stereocenters. The van der Waals surface area contributed by atoms with Gasteiger partial charge in [0.2, 0.25) is 9.84 Å². The van der Waals surface area contributed by atoms with Crippen molar-refractivity contribution in [1.29, 1.82) is 0 Å². The van der Waals surface area contributed by atoms with Gasteiger partial charge in [0.15, 0.2) is 0 Å². The standard InChI is InChI=1S/C18H10O2S/c19-21(20)15-7-3-5-11-8-9-14-13-6-2-1-4-12(13)10-16(21)18(14)17(11)15/h1-10H. The predicted molar refractivity (Wildman–Crippen MR) is 84.4 cm³/mol. The highest BCUT2D eigenvalue weighted by molar-refractivity contribution is 7.92. The zero-order chi connectivity index (χ0) is 14.2. The second-order valence-corrected chi connectivity index (χ2v) is 7.33. The van der Waals surface area contributed by atoms with E-state index in [4.69, 9.17) is 0 Å². The van der Waals surface area contributed by atoms with E-state index in [9.17, 15) is 8.42 Å². The molecule has 1 aliphatic heterocycles. The molecule has 0 amide bonds. The Bertz CT molecular complexity index is 1190. The van der Waals surface area contributed by atoms with Crippen molar-refractivity contribution in [3.8, 4) is 0 Å². The first kappa shape index (κ1) is 11.3. The number of sulfone groups is 1. The van der Waals surface area contributed by atoms with Gasteiger partial charge in [0.05, 0.1) is 9.79 Å². The third-order valence-electron chi connectivity index (χ3n) is 4.37. The Hall–Kier alpha value is -2.39. The van der Waals surface area contributed by atoms with E-state index in [0.29, 0.717) is 9.79 Å². The fourth-order valence-corrected chi connectivity index (χ4v) is 5.21. The van der Waals surface area contributed by atoms with Gasteiger partial charge >= 0.3 is 0 Å². The Morgan fingerprint density at radius 2 is 1.43 bits per heavy atom. The summed E-state index contributed by atoms with van der Waals surface area (Å²) in [4.78, 5) is 0.888. The van der Waals surface area contributed by atoms with Gasteiger partial charge in [-0.05, 0) is 33.7 Å². The van der Waals surface area contributed by atoms with E-state index in [0.717, 1.165) is 32.3 Å². The Morgan fingerprint density at radius 3 is 2.33 bits per heavy atom. The summed E-state index contributed by atoms with van der Waals surface area (Å²) in [7, 11) is -3.40. The lowest BCUT2D eigenvalue weighted by Gasteiger charge is -2.06. The molecule has 1 aliphatic rings. The van der Waals surface area contributed by atoms with Gasteiger partial charge in [-0.3, -0.25) is 0 Å². The van der Waals surface area contributed by atoms with Crippen LogP contribution in [0.4, 0.5) is 0 Å². The normalized spacial score (nSPS) is 15.4. The van der Waals surface area contributed by atoms with Gasteiger partial charge in [0.1, 0.15) is 0 Å². The van der Waals surface area contributed by atoms with E-state index in [1.807, 2.05) is 54.6 Å². The average molecular weight is 290 g/mol. The van der Waals surface area contributed by atoms with Crippen LogP contribution >= 0.6 is 0 Å². The molecule has 0 fully saturated rings. The van der Waals surface area contributed by atoms with E-state index < -0.39 is 9.84 Å². The molecular formula is C18H10O2S. The van der Waals surface area contributed by atoms with Crippen LogP contribution in [0.2, 0.25) is 0 Å². The molecule has 0 aromatic heterocycles. The first-order chi connectivity index (χ1) is 10.2. The van der Waals surface area contributed by atoms with E-state index in [2.05, 4.69) is 0 Å². The number of hydrogen-bond acceptors (Lipinski definition) is 2. The van der Waals surface area contributed by atoms with Crippen LogP contribution in [0.3, 0.4) is 0 Å². The number of rotatable bonds is 0. The minimum Gasteiger partial charge on any atom is -0.218 e. The van der Waals surface area contributed by atoms with Crippen LogP contribution < -0.4 is 0 Å². The molecule has 21 heavy (non-hydrogen) atoms. The van der Waals surface area contributed by atoms with Crippen LogP contribution in [-0.2, 0) is 9.84 Å². The van der Waals surface area contributed by atoms with E-state index >= 15 is 0 Å². The second-order valence-electron chi connectivity index (χ2n) is 5.44. The quantitative estimate of drug-likeness (QED) is 0.399. The fourth-order valence-electron chi connectivity index (χ4n) is 3.46. The number of fused-ring (bicyclic) bond motifs is 2. The zero-order valence-electron chi connectivity index (χ0n) is 11.0. The summed E-state index contributed by atoms with van der Waals surface area (Å²) in [5, 5.41) is 5.82. The van der Waals surface area contributed by atoms with Crippen LogP contribution in [0.25, 0.3) is 32.3 Å². The highest BCUT2D eigenvalue weighted by atomic mass is 32.2. The number of benzene rings is 4. The summed E-state index contributed by atoms with van der Waals surface area (Å²) in [5.41, 5.74) is 0. The molecule has 0 aliphatic carbocycles. The van der Waals surface area contributed by atoms with Gasteiger partial charge in [-0.1, -0.05) is 48.5 Å². The summed E-state index contributed by atoms with van der Waals surface area (Å²) in [6.45, 7) is 0. The Balaban J connectivity index is 2.24. The van der Waals surface area contributed by atoms with Gasteiger partial charge in [-0.2, -0.15) is 0 Å². The highest BCUT2D eigenvalue weighted by Crippen LogP contribution is 2.45. The first-order valence-electron chi connectivity index (χ1n) is 6.80. The maximum absolute atomic E-state index is 12.8. The minimum absolute atomic E-state index is 0.441. The zero-order valence-corrected chi connectivity index (χ0v) is 11.8. The highest BCUT2D eigenvalue weighted by Gasteiger charge is 2.31. The van der Waals surface area contributed by atoms with Crippen LogP contribution in [0, 0.1) is 0 Å². The van der Waals surface area contributed by atoms with Gasteiger partial charge in [0, 0.05) is 10.8 Å². The molecule has 0 spiro atoms. The molecule has 0 radical (unpaired) electrons. The van der Waals surface area contributed by atoms with Crippen molar-refractivity contribution in [2.75, 3.05) is 0 Å². The van der Waals surface area contributed by atoms with Crippen LogP contribution in [0.1, 0.15) is 0 Å². The van der Waals surface area contributed by atoms with Crippen molar-refractivity contribution in [3.63, 3.8) is 0 Å². The second kappa shape index (κ2) is 3.43. The minimum atomic E-state index is -3.40. The summed E-state index contributed by atoms with van der Waals surface area (Å²) < 4.78 is 25.6. The Labute approximate surface area is 121 Å². The molecule has 1 heterocycles. The third-order valence-corrected chi connectivity index (χ3v) is 6.19. The van der Waals surface area contributed by atoms with Gasteiger partial charge < -0.3 is 0 Å². The van der Waals surface area contributed by atoms with Crippen LogP contribution in [0.15, 0.2) is 70.5 Å². The van der Waals surface area contributed by atoms with Crippen molar-refractivity contribution in [2.24, 2.45) is 0 Å². The lowest BCUT2D eigenvalue weighted by Crippen LogP contribution is -1.96. The Kier molecular flexibility index (Phi) is 1.85. The smallest absolute Gasteiger partial charge is 0.207 e. The number of hydrogen-bond donors (Lipinski definition) is 0. The van der Waals surface area contributed by atoms with Crippen molar-refractivity contribution in [2.45, 2.75) is 9.79 Å². The summed E-state index contributed by atoms with van der Waals surface area (Å²) in [5.74, 6) is 0. The average Bonchev–Trinajstić information content (AvgIpc) is 2.74. The Morgan fingerprint density at radius 1 is 0.619 bits per heavy atom. The van der Waals surface area contributed by atoms with Gasteiger partial charge in [-0.25, -0.2) is 8.42 Å². The maximum Gasteiger partial charge on any atom is 0.207 e. The molecule has 0 saturated carbocycles. The molecule has 5 rings (SSSR count). The molecule has 2 nitrogen and oxygen atoms in total. The maximum atomic E-state index is 12.8. The van der Waals surface area contributed by atoms with Gasteiger partial charge in [-0.15, -0.1) is 0 Å². The van der Waals surface area contributed by atoms with E-state index in [1.165, 1.54) is 0 Å². The molecule has 0 saturated heterocycles. The summed E-state index contributed by atoms with van der Waals surface area (Å²) in [6, 6.07) is 19.3. The fraction of sp³-hybridized carbons (Fsp3) is 0. The molecule has 0 bridgehead atoms. The van der Waals surface area contributed by atoms with Gasteiger partial charge in [0.25, 0.3) is 0 Å². The molecular weight excluding hydrogens is 280 g/mol. The third kappa shape index (κ3) is 1.21. The van der Waals surface area contributed by atoms with E-state index in [-0.39, 0.29) is 0 Å². The molecule has 4 aromatic rings. The molecule has 100 valence electrons. The molecule has 3 heteroatoms. The SMILES string of the molecule is O=S1(=O)c2cccc3ccc4c5ccccc5cc1c4c23. The van der Waals surface area contributed by atoms with Crippen molar-refractivity contribution in [1.82, 2.24) is 0 Å². The largest absolute Gasteiger partial charge is 0.218 e. The van der Waals surface area contributed by atoms with Crippen molar-refractivity contribution in [3.05, 3.63) is 60.7 Å². The summed E-state index contributed by atoms with van der Waals surface area (Å²) >= 11 is 0. The lowest BCUT2D eigenvalue weighted by molar-refractivity contribution is 0.599. The van der Waals surface area contributed by atoms with Crippen molar-refractivity contribution >= 4 is 42.2 Å². The topological polar surface area (TPSA) is 34.1 Å². The first-order valence-corrected chi connectivity index (χ1v) is 8.28. The summed E-state index contributed by atoms with van der Waals surface area (Å²) in [6.07, 6.45) is 0. The van der Waals surface area contributed by atoms with Crippen molar-refractivity contribution < 1.29 is 8.42 Å². The van der Waals surface area contributed by atoms with E-state index in [1.54, 1.807) is 6.07 Å². The molecule has 0 unspecified atom stereocenters. The van der Waals surface area contributed by atoms with Crippen LogP contribution in [0.5, 0.6) is 0 Å². The molecule has 0 N–H and O–H groups in total.